The third kappa shape index (κ3) is 2.39. The van der Waals surface area contributed by atoms with E-state index >= 15 is 0 Å². The molecule has 1 aliphatic heterocycles. The van der Waals surface area contributed by atoms with Gasteiger partial charge in [0.15, 0.2) is 0 Å². The molecular weight excluding hydrogens is 233 g/mol. The predicted octanol–water partition coefficient (Wildman–Crippen LogP) is 3.51. The molecule has 0 unspecified atom stereocenters. The molecule has 1 aromatic carbocycles. The number of nitrogens with one attached hydrogen (secondary N) is 1. The van der Waals surface area contributed by atoms with Gasteiger partial charge in [-0.1, -0.05) is 29.6 Å². The number of hydrogen-bond acceptors (Lipinski definition) is 2. The molecule has 1 fully saturated rings. The summed E-state index contributed by atoms with van der Waals surface area (Å²) in [4.78, 5) is 0. The van der Waals surface area contributed by atoms with Crippen molar-refractivity contribution in [2.24, 2.45) is 0 Å². The minimum Gasteiger partial charge on any atom is -0.508 e. The molecular formula is C11H13Cl2NO. The van der Waals surface area contributed by atoms with E-state index in [0.717, 1.165) is 24.9 Å². The number of benzene rings is 1. The van der Waals surface area contributed by atoms with Crippen LogP contribution in [0.15, 0.2) is 12.1 Å². The van der Waals surface area contributed by atoms with Gasteiger partial charge >= 0.3 is 0 Å². The Morgan fingerprint density at radius 3 is 2.67 bits per heavy atom. The van der Waals surface area contributed by atoms with E-state index in [9.17, 15) is 5.11 Å². The van der Waals surface area contributed by atoms with Gasteiger partial charge in [-0.15, -0.1) is 0 Å². The maximum absolute atomic E-state index is 9.82. The second kappa shape index (κ2) is 4.60. The summed E-state index contributed by atoms with van der Waals surface area (Å²) in [5.74, 6) is 0.187. The molecule has 0 spiro atoms. The van der Waals surface area contributed by atoms with Crippen molar-refractivity contribution in [1.82, 2.24) is 5.32 Å². The van der Waals surface area contributed by atoms with Crippen molar-refractivity contribution in [3.8, 4) is 5.75 Å². The molecule has 1 atom stereocenters. The molecule has 1 heterocycles. The average molecular weight is 246 g/mol. The van der Waals surface area contributed by atoms with Crippen LogP contribution in [0.2, 0.25) is 10.0 Å². The Kier molecular flexibility index (Phi) is 3.39. The lowest BCUT2D eigenvalue weighted by Crippen LogP contribution is -2.27. The Bertz CT molecular complexity index is 339. The molecule has 0 radical (unpaired) electrons. The summed E-state index contributed by atoms with van der Waals surface area (Å²) in [6, 6.07) is 3.37. The molecule has 0 bridgehead atoms. The summed E-state index contributed by atoms with van der Waals surface area (Å²) in [5, 5.41) is 14.2. The quantitative estimate of drug-likeness (QED) is 0.794. The first kappa shape index (κ1) is 11.1. The van der Waals surface area contributed by atoms with Crippen LogP contribution in [0, 0.1) is 0 Å². The van der Waals surface area contributed by atoms with E-state index in [1.165, 1.54) is 6.42 Å². The van der Waals surface area contributed by atoms with Crippen molar-refractivity contribution in [3.63, 3.8) is 0 Å². The van der Waals surface area contributed by atoms with Crippen molar-refractivity contribution >= 4 is 23.2 Å². The minimum absolute atomic E-state index is 0.156. The van der Waals surface area contributed by atoms with Gasteiger partial charge in [0.05, 0.1) is 5.02 Å². The van der Waals surface area contributed by atoms with Crippen molar-refractivity contribution < 1.29 is 5.11 Å². The molecule has 1 saturated heterocycles. The second-order valence-corrected chi connectivity index (χ2v) is 4.67. The largest absolute Gasteiger partial charge is 0.508 e. The molecule has 2 N–H and O–H groups in total. The van der Waals surface area contributed by atoms with Gasteiger partial charge in [0.25, 0.3) is 0 Å². The topological polar surface area (TPSA) is 32.3 Å². The summed E-state index contributed by atoms with van der Waals surface area (Å²) in [5.41, 5.74) is 0.778. The van der Waals surface area contributed by atoms with Crippen molar-refractivity contribution in [2.45, 2.75) is 25.3 Å². The van der Waals surface area contributed by atoms with E-state index in [1.807, 2.05) is 0 Å². The zero-order chi connectivity index (χ0) is 10.8. The monoisotopic (exact) mass is 245 g/mol. The van der Waals surface area contributed by atoms with Crippen LogP contribution in [0.25, 0.3) is 0 Å². The van der Waals surface area contributed by atoms with E-state index in [-0.39, 0.29) is 11.8 Å². The number of phenols is 1. The van der Waals surface area contributed by atoms with Crippen LogP contribution in [-0.4, -0.2) is 11.7 Å². The Balaban J connectivity index is 2.33. The first-order chi connectivity index (χ1) is 7.18. The van der Waals surface area contributed by atoms with Gasteiger partial charge in [-0.25, -0.2) is 0 Å². The lowest BCUT2D eigenvalue weighted by Gasteiger charge is -2.25. The van der Waals surface area contributed by atoms with Crippen LogP contribution >= 0.6 is 23.2 Å². The molecule has 1 aliphatic rings. The SMILES string of the molecule is Oc1cc(Cl)cc(Cl)c1[C@@H]1CCCCN1. The van der Waals surface area contributed by atoms with Crippen LogP contribution < -0.4 is 5.32 Å². The first-order valence-electron chi connectivity index (χ1n) is 5.10. The highest BCUT2D eigenvalue weighted by molar-refractivity contribution is 6.35. The molecule has 2 rings (SSSR count). The van der Waals surface area contributed by atoms with E-state index in [1.54, 1.807) is 12.1 Å². The molecule has 4 heteroatoms. The minimum atomic E-state index is 0.156. The highest BCUT2D eigenvalue weighted by Gasteiger charge is 2.21. The van der Waals surface area contributed by atoms with E-state index < -0.39 is 0 Å². The normalized spacial score (nSPS) is 21.6. The zero-order valence-electron chi connectivity index (χ0n) is 8.26. The highest BCUT2D eigenvalue weighted by atomic mass is 35.5. The molecule has 0 aromatic heterocycles. The van der Waals surface area contributed by atoms with Crippen LogP contribution in [-0.2, 0) is 0 Å². The van der Waals surface area contributed by atoms with Crippen LogP contribution in [0.3, 0.4) is 0 Å². The Hall–Kier alpha value is -0.440. The molecule has 0 amide bonds. The fourth-order valence-electron chi connectivity index (χ4n) is 2.01. The number of rotatable bonds is 1. The number of phenolic OH excluding ortho intramolecular Hbond substituents is 1. The summed E-state index contributed by atoms with van der Waals surface area (Å²) >= 11 is 11.9. The van der Waals surface area contributed by atoms with Gasteiger partial charge in [-0.3, -0.25) is 0 Å². The van der Waals surface area contributed by atoms with Gasteiger partial charge < -0.3 is 10.4 Å². The third-order valence-corrected chi connectivity index (χ3v) is 3.26. The van der Waals surface area contributed by atoms with E-state index in [0.29, 0.717) is 10.0 Å². The number of piperidine rings is 1. The molecule has 2 nitrogen and oxygen atoms in total. The van der Waals surface area contributed by atoms with Crippen molar-refractivity contribution in [1.29, 1.82) is 0 Å². The van der Waals surface area contributed by atoms with Gasteiger partial charge in [0.1, 0.15) is 5.75 Å². The molecule has 15 heavy (non-hydrogen) atoms. The van der Waals surface area contributed by atoms with Gasteiger partial charge in [0.2, 0.25) is 0 Å². The van der Waals surface area contributed by atoms with E-state index in [4.69, 9.17) is 23.2 Å². The fourth-order valence-corrected chi connectivity index (χ4v) is 2.63. The molecule has 82 valence electrons. The second-order valence-electron chi connectivity index (χ2n) is 3.82. The standard InChI is InChI=1S/C11H13Cl2NO/c12-7-5-8(13)11(10(15)6-7)9-3-1-2-4-14-9/h5-6,9,14-15H,1-4H2/t9-/m0/s1. The molecule has 0 saturated carbocycles. The maximum Gasteiger partial charge on any atom is 0.123 e. The summed E-state index contributed by atoms with van der Waals surface area (Å²) < 4.78 is 0. The van der Waals surface area contributed by atoms with Gasteiger partial charge in [-0.2, -0.15) is 0 Å². The molecule has 0 aliphatic carbocycles. The van der Waals surface area contributed by atoms with Crippen LogP contribution in [0.5, 0.6) is 5.75 Å². The van der Waals surface area contributed by atoms with Crippen molar-refractivity contribution in [2.75, 3.05) is 6.54 Å². The fraction of sp³-hybridized carbons (Fsp3) is 0.455. The highest BCUT2D eigenvalue weighted by Crippen LogP contribution is 2.37. The summed E-state index contributed by atoms with van der Waals surface area (Å²) in [6.45, 7) is 0.975. The van der Waals surface area contributed by atoms with Crippen LogP contribution in [0.4, 0.5) is 0 Å². The smallest absolute Gasteiger partial charge is 0.123 e. The number of halogens is 2. The molecule has 1 aromatic rings. The zero-order valence-corrected chi connectivity index (χ0v) is 9.78. The Morgan fingerprint density at radius 2 is 2.07 bits per heavy atom. The summed E-state index contributed by atoms with van der Waals surface area (Å²) in [6.07, 6.45) is 3.35. The van der Waals surface area contributed by atoms with E-state index in [2.05, 4.69) is 5.32 Å². The maximum atomic E-state index is 9.82. The van der Waals surface area contributed by atoms with Gasteiger partial charge in [-0.05, 0) is 31.5 Å². The lowest BCUT2D eigenvalue weighted by atomic mass is 9.97. The van der Waals surface area contributed by atoms with Gasteiger partial charge in [0, 0.05) is 16.6 Å². The Morgan fingerprint density at radius 1 is 1.27 bits per heavy atom. The van der Waals surface area contributed by atoms with Crippen molar-refractivity contribution in [3.05, 3.63) is 27.7 Å². The predicted molar refractivity (Wildman–Crippen MR) is 62.7 cm³/mol. The van der Waals surface area contributed by atoms with Crippen LogP contribution in [0.1, 0.15) is 30.9 Å². The lowest BCUT2D eigenvalue weighted by molar-refractivity contribution is 0.391. The summed E-state index contributed by atoms with van der Waals surface area (Å²) in [7, 11) is 0. The third-order valence-electron chi connectivity index (χ3n) is 2.73. The Labute approximate surface area is 99.2 Å². The average Bonchev–Trinajstić information content (AvgIpc) is 2.17. The number of hydrogen-bond donors (Lipinski definition) is 2. The first-order valence-corrected chi connectivity index (χ1v) is 5.85. The number of aromatic hydroxyl groups is 1.